The van der Waals surface area contributed by atoms with Gasteiger partial charge < -0.3 is 9.30 Å². The van der Waals surface area contributed by atoms with E-state index in [-0.39, 0.29) is 0 Å². The molecule has 0 unspecified atom stereocenters. The van der Waals surface area contributed by atoms with E-state index in [2.05, 4.69) is 33.8 Å². The van der Waals surface area contributed by atoms with Crippen molar-refractivity contribution >= 4 is 11.3 Å². The fraction of sp³-hybridized carbons (Fsp3) is 0.647. The van der Waals surface area contributed by atoms with Gasteiger partial charge in [-0.25, -0.2) is 0 Å². The molecule has 118 valence electrons. The van der Waals surface area contributed by atoms with Crippen LogP contribution in [0.2, 0.25) is 0 Å². The van der Waals surface area contributed by atoms with Gasteiger partial charge in [0, 0.05) is 30.6 Å². The van der Waals surface area contributed by atoms with Gasteiger partial charge in [0.25, 0.3) is 0 Å². The average molecular weight is 317 g/mol. The highest BCUT2D eigenvalue weighted by Gasteiger charge is 2.31. The van der Waals surface area contributed by atoms with Crippen LogP contribution in [0, 0.1) is 12.8 Å². The number of aromatic nitrogens is 3. The smallest absolute Gasteiger partial charge is 0.174 e. The lowest BCUT2D eigenvalue weighted by Crippen LogP contribution is -2.23. The first-order valence-electron chi connectivity index (χ1n) is 8.40. The maximum Gasteiger partial charge on any atom is 0.174 e. The fourth-order valence-corrected chi connectivity index (χ4v) is 4.74. The molecule has 5 heteroatoms. The summed E-state index contributed by atoms with van der Waals surface area (Å²) < 4.78 is 7.95. The number of ether oxygens (including phenoxy) is 1. The highest BCUT2D eigenvalue weighted by molar-refractivity contribution is 7.15. The third-order valence-electron chi connectivity index (χ3n) is 5.05. The van der Waals surface area contributed by atoms with E-state index in [4.69, 9.17) is 4.74 Å². The summed E-state index contributed by atoms with van der Waals surface area (Å²) in [5.41, 5.74) is 0. The minimum Gasteiger partial charge on any atom is -0.381 e. The molecule has 1 atom stereocenters. The van der Waals surface area contributed by atoms with E-state index in [1.54, 1.807) is 0 Å². The molecule has 2 aliphatic heterocycles. The molecule has 2 aliphatic rings. The molecule has 2 aromatic rings. The topological polar surface area (TPSA) is 39.9 Å². The summed E-state index contributed by atoms with van der Waals surface area (Å²) in [4.78, 5) is 2.59. The molecule has 0 spiro atoms. The molecule has 0 bridgehead atoms. The molecule has 0 amide bonds. The molecule has 0 aliphatic carbocycles. The van der Waals surface area contributed by atoms with Crippen LogP contribution < -0.4 is 0 Å². The van der Waals surface area contributed by atoms with Crippen molar-refractivity contribution in [1.29, 1.82) is 0 Å². The van der Waals surface area contributed by atoms with Gasteiger partial charge in [-0.3, -0.25) is 0 Å². The van der Waals surface area contributed by atoms with Crippen molar-refractivity contribution in [1.82, 2.24) is 14.8 Å². The van der Waals surface area contributed by atoms with Crippen LogP contribution in [0.25, 0.3) is 10.7 Å². The largest absolute Gasteiger partial charge is 0.381 e. The highest BCUT2D eigenvalue weighted by Crippen LogP contribution is 2.39. The second-order valence-corrected chi connectivity index (χ2v) is 7.78. The molecule has 0 aromatic carbocycles. The molecule has 1 fully saturated rings. The predicted octanol–water partition coefficient (Wildman–Crippen LogP) is 4.01. The second kappa shape index (κ2) is 6.13. The number of fused-ring (bicyclic) bond motifs is 1. The van der Waals surface area contributed by atoms with Gasteiger partial charge in [0.2, 0.25) is 0 Å². The van der Waals surface area contributed by atoms with Crippen molar-refractivity contribution in [3.8, 4) is 10.7 Å². The number of thiophene rings is 1. The van der Waals surface area contributed by atoms with Crippen molar-refractivity contribution < 1.29 is 4.74 Å². The van der Waals surface area contributed by atoms with E-state index in [0.29, 0.717) is 11.8 Å². The summed E-state index contributed by atoms with van der Waals surface area (Å²) in [7, 11) is 0. The van der Waals surface area contributed by atoms with E-state index in [9.17, 15) is 0 Å². The van der Waals surface area contributed by atoms with Crippen molar-refractivity contribution in [3.05, 3.63) is 22.8 Å². The van der Waals surface area contributed by atoms with Crippen molar-refractivity contribution in [3.63, 3.8) is 0 Å². The maximum absolute atomic E-state index is 5.55. The quantitative estimate of drug-likeness (QED) is 0.840. The van der Waals surface area contributed by atoms with Gasteiger partial charge in [0.05, 0.1) is 4.88 Å². The zero-order valence-electron chi connectivity index (χ0n) is 13.1. The van der Waals surface area contributed by atoms with E-state index >= 15 is 0 Å². The van der Waals surface area contributed by atoms with Crippen LogP contribution in [-0.2, 0) is 11.3 Å². The summed E-state index contributed by atoms with van der Waals surface area (Å²) in [6.07, 6.45) is 6.14. The lowest BCUT2D eigenvalue weighted by atomic mass is 9.82. The minimum absolute atomic E-state index is 0.564. The minimum atomic E-state index is 0.564. The first-order valence-corrected chi connectivity index (χ1v) is 9.22. The summed E-state index contributed by atoms with van der Waals surface area (Å²) in [6.45, 7) is 5.03. The van der Waals surface area contributed by atoms with Gasteiger partial charge in [-0.05, 0) is 50.7 Å². The van der Waals surface area contributed by atoms with E-state index in [1.807, 2.05) is 11.3 Å². The standard InChI is InChI=1S/C17H23N3OS/c1-12-5-6-15(22-12)17-19-18-16-14(4-2-3-9-20(16)17)13-7-10-21-11-8-13/h5-6,13-14H,2-4,7-11H2,1H3/t14-/m0/s1. The van der Waals surface area contributed by atoms with Gasteiger partial charge in [0.15, 0.2) is 5.82 Å². The van der Waals surface area contributed by atoms with E-state index in [0.717, 1.165) is 25.6 Å². The Morgan fingerprint density at radius 2 is 2.00 bits per heavy atom. The number of aryl methyl sites for hydroxylation is 1. The van der Waals surface area contributed by atoms with Gasteiger partial charge in [-0.1, -0.05) is 6.42 Å². The van der Waals surface area contributed by atoms with Crippen LogP contribution in [0.1, 0.15) is 48.7 Å². The predicted molar refractivity (Wildman–Crippen MR) is 88.2 cm³/mol. The summed E-state index contributed by atoms with van der Waals surface area (Å²) >= 11 is 1.82. The molecule has 22 heavy (non-hydrogen) atoms. The Hall–Kier alpha value is -1.20. The number of nitrogens with zero attached hydrogens (tertiary/aromatic N) is 3. The van der Waals surface area contributed by atoms with Crippen LogP contribution in [0.5, 0.6) is 0 Å². The Kier molecular flexibility index (Phi) is 4.01. The molecule has 4 heterocycles. The molecule has 0 saturated carbocycles. The molecule has 0 N–H and O–H groups in total. The normalized spacial score (nSPS) is 23.2. The van der Waals surface area contributed by atoms with Crippen molar-refractivity contribution in [2.24, 2.45) is 5.92 Å². The number of hydrogen-bond acceptors (Lipinski definition) is 4. The van der Waals surface area contributed by atoms with Crippen LogP contribution in [0.4, 0.5) is 0 Å². The van der Waals surface area contributed by atoms with Crippen LogP contribution in [-0.4, -0.2) is 28.0 Å². The first kappa shape index (κ1) is 14.4. The Balaban J connectivity index is 1.70. The molecule has 0 radical (unpaired) electrons. The van der Waals surface area contributed by atoms with Gasteiger partial charge in [-0.15, -0.1) is 21.5 Å². The second-order valence-electron chi connectivity index (χ2n) is 6.50. The van der Waals surface area contributed by atoms with E-state index < -0.39 is 0 Å². The monoisotopic (exact) mass is 317 g/mol. The van der Waals surface area contributed by atoms with Crippen molar-refractivity contribution in [2.75, 3.05) is 13.2 Å². The summed E-state index contributed by atoms with van der Waals surface area (Å²) in [6, 6.07) is 4.36. The first-order chi connectivity index (χ1) is 10.8. The molecule has 2 aromatic heterocycles. The third kappa shape index (κ3) is 2.61. The maximum atomic E-state index is 5.55. The van der Waals surface area contributed by atoms with Crippen LogP contribution in [0.15, 0.2) is 12.1 Å². The Morgan fingerprint density at radius 3 is 2.77 bits per heavy atom. The molecular formula is C17H23N3OS. The SMILES string of the molecule is Cc1ccc(-c2nnc3n2CCCC[C@H]3C2CCOCC2)s1. The number of hydrogen-bond donors (Lipinski definition) is 0. The summed E-state index contributed by atoms with van der Waals surface area (Å²) in [5.74, 6) is 3.58. The molecule has 4 rings (SSSR count). The van der Waals surface area contributed by atoms with Gasteiger partial charge in [0.1, 0.15) is 5.82 Å². The van der Waals surface area contributed by atoms with Gasteiger partial charge >= 0.3 is 0 Å². The Morgan fingerprint density at radius 1 is 1.14 bits per heavy atom. The zero-order chi connectivity index (χ0) is 14.9. The molecular weight excluding hydrogens is 294 g/mol. The van der Waals surface area contributed by atoms with Gasteiger partial charge in [-0.2, -0.15) is 0 Å². The molecule has 1 saturated heterocycles. The average Bonchev–Trinajstić information content (AvgIpc) is 3.09. The third-order valence-corrected chi connectivity index (χ3v) is 6.05. The van der Waals surface area contributed by atoms with Crippen LogP contribution >= 0.6 is 11.3 Å². The van der Waals surface area contributed by atoms with Crippen LogP contribution in [0.3, 0.4) is 0 Å². The Labute approximate surface area is 135 Å². The van der Waals surface area contributed by atoms with E-state index in [1.165, 1.54) is 47.7 Å². The Bertz CT molecular complexity index is 642. The lowest BCUT2D eigenvalue weighted by molar-refractivity contribution is 0.0556. The van der Waals surface area contributed by atoms with Crippen molar-refractivity contribution in [2.45, 2.75) is 51.5 Å². The fourth-order valence-electron chi connectivity index (χ4n) is 3.87. The highest BCUT2D eigenvalue weighted by atomic mass is 32.1. The number of rotatable bonds is 2. The summed E-state index contributed by atoms with van der Waals surface area (Å²) in [5, 5.41) is 9.20. The zero-order valence-corrected chi connectivity index (χ0v) is 13.9. The molecule has 4 nitrogen and oxygen atoms in total. The lowest BCUT2D eigenvalue weighted by Gasteiger charge is -2.28.